The molecule has 2 rings (SSSR count). The molecule has 1 heterocycles. The second-order valence-corrected chi connectivity index (χ2v) is 7.08. The molecule has 0 atom stereocenters. The van der Waals surface area contributed by atoms with Crippen LogP contribution < -0.4 is 0 Å². The first-order chi connectivity index (χ1) is 9.63. The Balaban J connectivity index is 2.13. The zero-order valence-corrected chi connectivity index (χ0v) is 12.8. The molecule has 0 spiro atoms. The molecule has 1 aromatic rings. The molecule has 1 aliphatic rings. The van der Waals surface area contributed by atoms with Crippen LogP contribution in [0.1, 0.15) is 44.6 Å². The lowest BCUT2D eigenvalue weighted by molar-refractivity contribution is 0.409. The maximum absolute atomic E-state index is 12.3. The fraction of sp³-hybridized carbons (Fsp3) is 0.533. The average molecular weight is 294 g/mol. The Kier molecular flexibility index (Phi) is 5.17. The van der Waals surface area contributed by atoms with Gasteiger partial charge in [-0.05, 0) is 24.8 Å². The minimum absolute atomic E-state index is 0.201. The summed E-state index contributed by atoms with van der Waals surface area (Å²) in [5.41, 5.74) is 1.89. The van der Waals surface area contributed by atoms with Crippen LogP contribution in [0.15, 0.2) is 35.4 Å². The van der Waals surface area contributed by atoms with Crippen LogP contribution in [-0.2, 0) is 10.0 Å². The number of hydrogen-bond acceptors (Lipinski definition) is 3. The summed E-state index contributed by atoms with van der Waals surface area (Å²) in [5.74, 6) is 0.201. The Morgan fingerprint density at radius 3 is 2.65 bits per heavy atom. The minimum atomic E-state index is -3.25. The second-order valence-electron chi connectivity index (χ2n) is 5.09. The van der Waals surface area contributed by atoms with E-state index in [1.54, 1.807) is 0 Å². The van der Waals surface area contributed by atoms with Gasteiger partial charge in [-0.25, -0.2) is 8.42 Å². The molecule has 0 unspecified atom stereocenters. The zero-order chi connectivity index (χ0) is 14.4. The Bertz CT molecular complexity index is 552. The number of rotatable bonds is 6. The molecule has 0 aliphatic carbocycles. The quantitative estimate of drug-likeness (QED) is 0.757. The molecule has 4 nitrogen and oxygen atoms in total. The summed E-state index contributed by atoms with van der Waals surface area (Å²) in [5, 5.41) is 4.36. The number of nitrogens with zero attached hydrogens (tertiary/aromatic N) is 2. The van der Waals surface area contributed by atoms with Crippen LogP contribution in [0.25, 0.3) is 0 Å². The van der Waals surface area contributed by atoms with Crippen LogP contribution >= 0.6 is 0 Å². The molecular weight excluding hydrogens is 272 g/mol. The molecule has 0 bridgehead atoms. The molecular formula is C15H22N2O2S. The number of benzene rings is 1. The van der Waals surface area contributed by atoms with Crippen LogP contribution in [0.2, 0.25) is 0 Å². The fourth-order valence-corrected chi connectivity index (χ4v) is 3.70. The van der Waals surface area contributed by atoms with E-state index >= 15 is 0 Å². The van der Waals surface area contributed by atoms with E-state index in [4.69, 9.17) is 0 Å². The van der Waals surface area contributed by atoms with E-state index in [1.165, 1.54) is 4.41 Å². The number of hydrogen-bond donors (Lipinski definition) is 0. The summed E-state index contributed by atoms with van der Waals surface area (Å²) >= 11 is 0. The van der Waals surface area contributed by atoms with Gasteiger partial charge in [-0.3, -0.25) is 0 Å². The molecule has 0 N–H and O–H groups in total. The highest BCUT2D eigenvalue weighted by atomic mass is 32.2. The van der Waals surface area contributed by atoms with E-state index in [1.807, 2.05) is 30.3 Å². The van der Waals surface area contributed by atoms with Gasteiger partial charge in [0.1, 0.15) is 0 Å². The van der Waals surface area contributed by atoms with Crippen molar-refractivity contribution in [2.24, 2.45) is 5.10 Å². The van der Waals surface area contributed by atoms with Crippen molar-refractivity contribution < 1.29 is 8.42 Å². The van der Waals surface area contributed by atoms with Gasteiger partial charge in [0.05, 0.1) is 18.0 Å². The van der Waals surface area contributed by atoms with Gasteiger partial charge in [0, 0.05) is 0 Å². The zero-order valence-electron chi connectivity index (χ0n) is 12.0. The molecule has 0 radical (unpaired) electrons. The van der Waals surface area contributed by atoms with Gasteiger partial charge < -0.3 is 0 Å². The van der Waals surface area contributed by atoms with Crippen molar-refractivity contribution in [1.82, 2.24) is 4.41 Å². The monoisotopic (exact) mass is 294 g/mol. The minimum Gasteiger partial charge on any atom is -0.205 e. The van der Waals surface area contributed by atoms with Gasteiger partial charge in [-0.1, -0.05) is 50.1 Å². The lowest BCUT2D eigenvalue weighted by Crippen LogP contribution is -2.33. The lowest BCUT2D eigenvalue weighted by Gasteiger charge is -2.24. The standard InChI is InChI=1S/C15H22N2O2S/c1-2-3-7-13-20(18,19)17-12-8-11-15(16-17)14-9-5-4-6-10-14/h4-6,9-10H,2-3,7-8,11-13H2,1H3. The number of hydrazone groups is 1. The van der Waals surface area contributed by atoms with Crippen molar-refractivity contribution in [1.29, 1.82) is 0 Å². The van der Waals surface area contributed by atoms with Crippen LogP contribution in [0.4, 0.5) is 0 Å². The van der Waals surface area contributed by atoms with E-state index in [-0.39, 0.29) is 5.75 Å². The van der Waals surface area contributed by atoms with Crippen molar-refractivity contribution in [3.05, 3.63) is 35.9 Å². The van der Waals surface area contributed by atoms with Crippen LogP contribution in [0.5, 0.6) is 0 Å². The van der Waals surface area contributed by atoms with E-state index in [2.05, 4.69) is 12.0 Å². The van der Waals surface area contributed by atoms with Gasteiger partial charge in [-0.2, -0.15) is 9.52 Å². The van der Waals surface area contributed by atoms with E-state index in [0.717, 1.165) is 37.0 Å². The third-order valence-corrected chi connectivity index (χ3v) is 5.14. The maximum atomic E-state index is 12.3. The molecule has 110 valence electrons. The molecule has 0 amide bonds. The largest absolute Gasteiger partial charge is 0.249 e. The molecule has 20 heavy (non-hydrogen) atoms. The topological polar surface area (TPSA) is 49.7 Å². The van der Waals surface area contributed by atoms with Crippen molar-refractivity contribution in [2.45, 2.75) is 39.0 Å². The Labute approximate surface area is 121 Å². The predicted molar refractivity (Wildman–Crippen MR) is 82.2 cm³/mol. The first-order valence-corrected chi connectivity index (χ1v) is 8.87. The summed E-state index contributed by atoms with van der Waals surface area (Å²) < 4.78 is 25.8. The summed E-state index contributed by atoms with van der Waals surface area (Å²) in [7, 11) is -3.25. The fourth-order valence-electron chi connectivity index (χ4n) is 2.29. The summed E-state index contributed by atoms with van der Waals surface area (Å²) in [4.78, 5) is 0. The number of sulfonamides is 1. The summed E-state index contributed by atoms with van der Waals surface area (Å²) in [6.07, 6.45) is 4.35. The van der Waals surface area contributed by atoms with Gasteiger partial charge in [-0.15, -0.1) is 0 Å². The first-order valence-electron chi connectivity index (χ1n) is 7.27. The highest BCUT2D eigenvalue weighted by molar-refractivity contribution is 7.89. The SMILES string of the molecule is CCCCCS(=O)(=O)N1CCCC(c2ccccc2)=N1. The maximum Gasteiger partial charge on any atom is 0.249 e. The number of unbranched alkanes of at least 4 members (excludes halogenated alkanes) is 2. The van der Waals surface area contributed by atoms with Crippen LogP contribution in [0.3, 0.4) is 0 Å². The van der Waals surface area contributed by atoms with Crippen LogP contribution in [-0.4, -0.2) is 30.8 Å². The first kappa shape index (κ1) is 15.0. The molecule has 0 aromatic heterocycles. The summed E-state index contributed by atoms with van der Waals surface area (Å²) in [6.45, 7) is 2.57. The Hall–Kier alpha value is -1.36. The van der Waals surface area contributed by atoms with Crippen LogP contribution in [0, 0.1) is 0 Å². The normalized spacial score (nSPS) is 16.1. The average Bonchev–Trinajstić information content (AvgIpc) is 2.48. The Morgan fingerprint density at radius 1 is 1.20 bits per heavy atom. The Morgan fingerprint density at radius 2 is 1.95 bits per heavy atom. The molecule has 0 saturated heterocycles. The van der Waals surface area contributed by atoms with Crippen molar-refractivity contribution in [3.63, 3.8) is 0 Å². The molecule has 1 aromatic carbocycles. The predicted octanol–water partition coefficient (Wildman–Crippen LogP) is 3.01. The second kappa shape index (κ2) is 6.88. The van der Waals surface area contributed by atoms with Crippen molar-refractivity contribution in [2.75, 3.05) is 12.3 Å². The highest BCUT2D eigenvalue weighted by Crippen LogP contribution is 2.17. The van der Waals surface area contributed by atoms with E-state index in [9.17, 15) is 8.42 Å². The molecule has 5 heteroatoms. The molecule has 1 aliphatic heterocycles. The smallest absolute Gasteiger partial charge is 0.205 e. The third-order valence-electron chi connectivity index (χ3n) is 3.43. The van der Waals surface area contributed by atoms with Crippen molar-refractivity contribution >= 4 is 15.7 Å². The molecule has 0 saturated carbocycles. The van der Waals surface area contributed by atoms with E-state index in [0.29, 0.717) is 13.0 Å². The van der Waals surface area contributed by atoms with Gasteiger partial charge in [0.2, 0.25) is 10.0 Å². The van der Waals surface area contributed by atoms with Gasteiger partial charge >= 0.3 is 0 Å². The van der Waals surface area contributed by atoms with Gasteiger partial charge in [0.15, 0.2) is 0 Å². The summed E-state index contributed by atoms with van der Waals surface area (Å²) in [6, 6.07) is 9.81. The highest BCUT2D eigenvalue weighted by Gasteiger charge is 2.23. The van der Waals surface area contributed by atoms with Crippen molar-refractivity contribution in [3.8, 4) is 0 Å². The lowest BCUT2D eigenvalue weighted by atomic mass is 10.1. The third kappa shape index (κ3) is 3.82. The molecule has 0 fully saturated rings. The van der Waals surface area contributed by atoms with Gasteiger partial charge in [0.25, 0.3) is 0 Å². The van der Waals surface area contributed by atoms with E-state index < -0.39 is 10.0 Å².